The molecule has 3 rings (SSSR count). The average molecular weight is 300 g/mol. The molecule has 0 bridgehead atoms. The van der Waals surface area contributed by atoms with Gasteiger partial charge in [0.1, 0.15) is 11.9 Å². The molecule has 7 heteroatoms. The molecule has 2 aromatic rings. The largest absolute Gasteiger partial charge is 0.326 e. The van der Waals surface area contributed by atoms with Crippen LogP contribution in [0.3, 0.4) is 0 Å². The zero-order chi connectivity index (χ0) is 15.9. The molecule has 0 aliphatic carbocycles. The Balaban J connectivity index is 2.21. The SMILES string of the molecule is Cc1nc2c(CN)cccc2c(=O)n1C1CCC(=O)NC1=O. The van der Waals surface area contributed by atoms with Crippen LogP contribution in [0, 0.1) is 6.92 Å². The number of aryl methyl sites for hydroxylation is 1. The summed E-state index contributed by atoms with van der Waals surface area (Å²) in [5.41, 5.74) is 6.75. The maximum atomic E-state index is 12.8. The summed E-state index contributed by atoms with van der Waals surface area (Å²) in [6.45, 7) is 1.96. The van der Waals surface area contributed by atoms with Gasteiger partial charge in [-0.25, -0.2) is 4.98 Å². The Labute approximate surface area is 126 Å². The highest BCUT2D eigenvalue weighted by Crippen LogP contribution is 2.20. The molecule has 1 saturated heterocycles. The molecule has 22 heavy (non-hydrogen) atoms. The van der Waals surface area contributed by atoms with Gasteiger partial charge in [-0.15, -0.1) is 0 Å². The highest BCUT2D eigenvalue weighted by Gasteiger charge is 2.30. The molecule has 2 heterocycles. The second-order valence-corrected chi connectivity index (χ2v) is 5.32. The van der Waals surface area contributed by atoms with Gasteiger partial charge < -0.3 is 5.73 Å². The minimum absolute atomic E-state index is 0.211. The van der Waals surface area contributed by atoms with Crippen LogP contribution in [0.1, 0.15) is 30.3 Å². The summed E-state index contributed by atoms with van der Waals surface area (Å²) < 4.78 is 1.37. The first-order chi connectivity index (χ1) is 10.5. The molecular weight excluding hydrogens is 284 g/mol. The molecule has 1 fully saturated rings. The Morgan fingerprint density at radius 2 is 2.14 bits per heavy atom. The minimum atomic E-state index is -0.705. The van der Waals surface area contributed by atoms with Crippen molar-refractivity contribution in [3.63, 3.8) is 0 Å². The topological polar surface area (TPSA) is 107 Å². The zero-order valence-corrected chi connectivity index (χ0v) is 12.1. The van der Waals surface area contributed by atoms with Crippen molar-refractivity contribution in [1.29, 1.82) is 0 Å². The van der Waals surface area contributed by atoms with E-state index in [0.29, 0.717) is 23.1 Å². The fourth-order valence-corrected chi connectivity index (χ4v) is 2.85. The van der Waals surface area contributed by atoms with Crippen molar-refractivity contribution < 1.29 is 9.59 Å². The normalized spacial score (nSPS) is 18.5. The van der Waals surface area contributed by atoms with Crippen molar-refractivity contribution >= 4 is 22.7 Å². The number of para-hydroxylation sites is 1. The number of benzene rings is 1. The number of carbonyl (C=O) groups is 2. The minimum Gasteiger partial charge on any atom is -0.326 e. The summed E-state index contributed by atoms with van der Waals surface area (Å²) in [6, 6.07) is 4.54. The third-order valence-corrected chi connectivity index (χ3v) is 3.93. The van der Waals surface area contributed by atoms with Gasteiger partial charge in [-0.05, 0) is 25.0 Å². The number of imide groups is 1. The lowest BCUT2D eigenvalue weighted by atomic mass is 10.0. The molecule has 1 aliphatic heterocycles. The van der Waals surface area contributed by atoms with Gasteiger partial charge in [0.05, 0.1) is 10.9 Å². The first kappa shape index (κ1) is 14.4. The average Bonchev–Trinajstić information content (AvgIpc) is 2.49. The molecule has 1 aliphatic rings. The monoisotopic (exact) mass is 300 g/mol. The number of aromatic nitrogens is 2. The van der Waals surface area contributed by atoms with E-state index in [1.165, 1.54) is 4.57 Å². The molecule has 0 spiro atoms. The first-order valence-electron chi connectivity index (χ1n) is 7.07. The smallest absolute Gasteiger partial charge is 0.262 e. The predicted octanol–water partition coefficient (Wildman–Crippen LogP) is 0.141. The quantitative estimate of drug-likeness (QED) is 0.767. The molecule has 3 N–H and O–H groups in total. The fourth-order valence-electron chi connectivity index (χ4n) is 2.85. The number of hydrogen-bond donors (Lipinski definition) is 2. The van der Waals surface area contributed by atoms with Gasteiger partial charge in [-0.2, -0.15) is 0 Å². The lowest BCUT2D eigenvalue weighted by Gasteiger charge is -2.24. The number of nitrogens with zero attached hydrogens (tertiary/aromatic N) is 2. The Hall–Kier alpha value is -2.54. The van der Waals surface area contributed by atoms with E-state index in [-0.39, 0.29) is 24.4 Å². The third kappa shape index (κ3) is 2.19. The standard InChI is InChI=1S/C15H16N4O3/c1-8-17-13-9(7-16)3-2-4-10(13)15(22)19(8)11-5-6-12(20)18-14(11)21/h2-4,11H,5-7,16H2,1H3,(H,18,20,21). The van der Waals surface area contributed by atoms with Gasteiger partial charge in [0, 0.05) is 13.0 Å². The van der Waals surface area contributed by atoms with E-state index in [1.807, 2.05) is 6.07 Å². The van der Waals surface area contributed by atoms with E-state index >= 15 is 0 Å². The Morgan fingerprint density at radius 1 is 1.36 bits per heavy atom. The first-order valence-corrected chi connectivity index (χ1v) is 7.07. The molecule has 1 unspecified atom stereocenters. The summed E-state index contributed by atoms with van der Waals surface area (Å²) in [5.74, 6) is -0.336. The molecule has 1 aromatic carbocycles. The number of nitrogens with two attached hydrogens (primary N) is 1. The van der Waals surface area contributed by atoms with Gasteiger partial charge in [-0.1, -0.05) is 12.1 Å². The van der Waals surface area contributed by atoms with Gasteiger partial charge >= 0.3 is 0 Å². The van der Waals surface area contributed by atoms with Crippen LogP contribution in [0.2, 0.25) is 0 Å². The van der Waals surface area contributed by atoms with Crippen molar-refractivity contribution in [3.8, 4) is 0 Å². The van der Waals surface area contributed by atoms with Crippen LogP contribution in [0.15, 0.2) is 23.0 Å². The van der Waals surface area contributed by atoms with Gasteiger partial charge in [0.2, 0.25) is 11.8 Å². The van der Waals surface area contributed by atoms with Crippen molar-refractivity contribution in [1.82, 2.24) is 14.9 Å². The number of fused-ring (bicyclic) bond motifs is 1. The molecule has 1 aromatic heterocycles. The van der Waals surface area contributed by atoms with E-state index in [2.05, 4.69) is 10.3 Å². The number of carbonyl (C=O) groups excluding carboxylic acids is 2. The Morgan fingerprint density at radius 3 is 2.82 bits per heavy atom. The van der Waals surface area contributed by atoms with Crippen molar-refractivity contribution in [3.05, 3.63) is 39.9 Å². The van der Waals surface area contributed by atoms with Crippen LogP contribution in [0.25, 0.3) is 10.9 Å². The van der Waals surface area contributed by atoms with Crippen LogP contribution in [0.4, 0.5) is 0 Å². The number of amides is 2. The Bertz CT molecular complexity index is 841. The summed E-state index contributed by atoms with van der Waals surface area (Å²) in [7, 11) is 0. The maximum Gasteiger partial charge on any atom is 0.262 e. The zero-order valence-electron chi connectivity index (χ0n) is 12.1. The highest BCUT2D eigenvalue weighted by molar-refractivity contribution is 5.99. The summed E-state index contributed by atoms with van der Waals surface area (Å²) in [6.07, 6.45) is 0.512. The van der Waals surface area contributed by atoms with Crippen LogP contribution in [-0.4, -0.2) is 21.4 Å². The van der Waals surface area contributed by atoms with Crippen LogP contribution < -0.4 is 16.6 Å². The summed E-state index contributed by atoms with van der Waals surface area (Å²) >= 11 is 0. The molecule has 0 saturated carbocycles. The predicted molar refractivity (Wildman–Crippen MR) is 80.1 cm³/mol. The summed E-state index contributed by atoms with van der Waals surface area (Å²) in [5, 5.41) is 2.70. The lowest BCUT2D eigenvalue weighted by Crippen LogP contribution is -2.45. The molecule has 114 valence electrons. The summed E-state index contributed by atoms with van der Waals surface area (Å²) in [4.78, 5) is 40.5. The second kappa shape index (κ2) is 5.34. The van der Waals surface area contributed by atoms with Gasteiger partial charge in [-0.3, -0.25) is 24.3 Å². The molecule has 0 radical (unpaired) electrons. The van der Waals surface area contributed by atoms with E-state index in [9.17, 15) is 14.4 Å². The number of rotatable bonds is 2. The fraction of sp³-hybridized carbons (Fsp3) is 0.333. The van der Waals surface area contributed by atoms with Gasteiger partial charge in [0.25, 0.3) is 5.56 Å². The lowest BCUT2D eigenvalue weighted by molar-refractivity contribution is -0.135. The molecule has 2 amide bonds. The van der Waals surface area contributed by atoms with Crippen LogP contribution >= 0.6 is 0 Å². The van der Waals surface area contributed by atoms with Crippen LogP contribution in [-0.2, 0) is 16.1 Å². The van der Waals surface area contributed by atoms with E-state index in [0.717, 1.165) is 5.56 Å². The van der Waals surface area contributed by atoms with Gasteiger partial charge in [0.15, 0.2) is 0 Å². The maximum absolute atomic E-state index is 12.8. The third-order valence-electron chi connectivity index (χ3n) is 3.93. The Kier molecular flexibility index (Phi) is 3.50. The number of piperidine rings is 1. The number of nitrogens with one attached hydrogen (secondary N) is 1. The van der Waals surface area contributed by atoms with E-state index in [1.54, 1.807) is 19.1 Å². The molecule has 1 atom stereocenters. The second-order valence-electron chi connectivity index (χ2n) is 5.32. The van der Waals surface area contributed by atoms with Crippen molar-refractivity contribution in [2.75, 3.05) is 0 Å². The van der Waals surface area contributed by atoms with Crippen molar-refractivity contribution in [2.24, 2.45) is 5.73 Å². The van der Waals surface area contributed by atoms with E-state index in [4.69, 9.17) is 5.73 Å². The van der Waals surface area contributed by atoms with Crippen LogP contribution in [0.5, 0.6) is 0 Å². The molecule has 7 nitrogen and oxygen atoms in total. The van der Waals surface area contributed by atoms with E-state index < -0.39 is 11.9 Å². The number of hydrogen-bond acceptors (Lipinski definition) is 5. The molecular formula is C15H16N4O3. The van der Waals surface area contributed by atoms with Crippen molar-refractivity contribution in [2.45, 2.75) is 32.4 Å². The highest BCUT2D eigenvalue weighted by atomic mass is 16.2.